The van der Waals surface area contributed by atoms with Crippen LogP contribution in [0.5, 0.6) is 0 Å². The summed E-state index contributed by atoms with van der Waals surface area (Å²) in [6.07, 6.45) is -0.993. The second-order valence-corrected chi connectivity index (χ2v) is 9.08. The van der Waals surface area contributed by atoms with Crippen LogP contribution in [0.3, 0.4) is 0 Å². The predicted molar refractivity (Wildman–Crippen MR) is 129 cm³/mol. The van der Waals surface area contributed by atoms with Crippen LogP contribution in [0.15, 0.2) is 48.5 Å². The molecule has 35 heavy (non-hydrogen) atoms. The van der Waals surface area contributed by atoms with Crippen LogP contribution in [0.4, 0.5) is 0 Å². The van der Waals surface area contributed by atoms with E-state index in [9.17, 15) is 24.3 Å². The lowest BCUT2D eigenvalue weighted by molar-refractivity contribution is -0.149. The van der Waals surface area contributed by atoms with Crippen LogP contribution in [-0.4, -0.2) is 64.0 Å². The molecule has 0 radical (unpaired) electrons. The Morgan fingerprint density at radius 3 is 2.29 bits per heavy atom. The Hall–Kier alpha value is -3.43. The zero-order chi connectivity index (χ0) is 25.5. The molecule has 3 amide bonds. The number of carbonyl (C=O) groups excluding carboxylic acids is 3. The Kier molecular flexibility index (Phi) is 8.84. The van der Waals surface area contributed by atoms with Crippen LogP contribution in [0.2, 0.25) is 5.02 Å². The first kappa shape index (κ1) is 26.2. The van der Waals surface area contributed by atoms with Crippen LogP contribution in [0.1, 0.15) is 24.8 Å². The number of nitrogens with one attached hydrogen (secondary N) is 1. The van der Waals surface area contributed by atoms with E-state index in [4.69, 9.17) is 22.4 Å². The van der Waals surface area contributed by atoms with E-state index in [1.165, 1.54) is 4.90 Å². The minimum atomic E-state index is -1.70. The number of carboxylic acids is 1. The normalized spacial score (nSPS) is 15.8. The lowest BCUT2D eigenvalue weighted by atomic mass is 9.96. The zero-order valence-corrected chi connectivity index (χ0v) is 19.8. The Bertz CT molecular complexity index is 1080. The molecule has 10 heteroatoms. The van der Waals surface area contributed by atoms with Crippen molar-refractivity contribution < 1.29 is 29.4 Å². The van der Waals surface area contributed by atoms with Gasteiger partial charge in [0.2, 0.25) is 5.91 Å². The maximum Gasteiger partial charge on any atom is 0.332 e. The summed E-state index contributed by atoms with van der Waals surface area (Å²) >= 11 is 6.06. The highest BCUT2D eigenvalue weighted by Crippen LogP contribution is 2.23. The van der Waals surface area contributed by atoms with E-state index in [1.807, 2.05) is 42.5 Å². The SMILES string of the molecule is NC(=O)C1CCN(C(=O)C(=O)N[C@H](Cc2ccc(-c3cccc(Cl)c3)cc2)C[C@@H](O)C(=O)O)CC1. The van der Waals surface area contributed by atoms with Gasteiger partial charge in [-0.15, -0.1) is 0 Å². The summed E-state index contributed by atoms with van der Waals surface area (Å²) in [7, 11) is 0. The average Bonchev–Trinajstić information content (AvgIpc) is 2.83. The van der Waals surface area contributed by atoms with Crippen molar-refractivity contribution in [3.63, 3.8) is 0 Å². The van der Waals surface area contributed by atoms with Crippen molar-refractivity contribution in [1.29, 1.82) is 0 Å². The van der Waals surface area contributed by atoms with Gasteiger partial charge >= 0.3 is 17.8 Å². The van der Waals surface area contributed by atoms with Crippen molar-refractivity contribution >= 4 is 35.3 Å². The molecule has 1 fully saturated rings. The number of likely N-dealkylation sites (tertiary alicyclic amines) is 1. The molecule has 0 aromatic heterocycles. The number of benzene rings is 2. The maximum absolute atomic E-state index is 12.6. The molecule has 0 aliphatic carbocycles. The summed E-state index contributed by atoms with van der Waals surface area (Å²) in [5.74, 6) is -3.82. The number of piperidine rings is 1. The molecule has 1 heterocycles. The van der Waals surface area contributed by atoms with Gasteiger partial charge < -0.3 is 26.2 Å². The first-order chi connectivity index (χ1) is 16.6. The standard InChI is InChI=1S/C25H28ClN3O6/c26-19-3-1-2-18(13-19)16-6-4-15(5-7-16)12-20(14-21(30)25(34)35)28-23(32)24(33)29-10-8-17(9-11-29)22(27)31/h1-7,13,17,20-21,30H,8-12,14H2,(H2,27,31)(H,28,32)(H,34,35)/t20-,21-/m1/s1. The minimum Gasteiger partial charge on any atom is -0.479 e. The lowest BCUT2D eigenvalue weighted by Crippen LogP contribution is -2.51. The molecule has 1 aliphatic rings. The third-order valence-electron chi connectivity index (χ3n) is 6.10. The van der Waals surface area contributed by atoms with Gasteiger partial charge in [0.25, 0.3) is 0 Å². The topological polar surface area (TPSA) is 150 Å². The number of hydrogen-bond donors (Lipinski definition) is 4. The highest BCUT2D eigenvalue weighted by molar-refractivity contribution is 6.35. The van der Waals surface area contributed by atoms with E-state index >= 15 is 0 Å². The summed E-state index contributed by atoms with van der Waals surface area (Å²) in [5, 5.41) is 22.2. The number of halogens is 1. The molecule has 2 aromatic carbocycles. The lowest BCUT2D eigenvalue weighted by Gasteiger charge is -2.30. The Labute approximate surface area is 207 Å². The van der Waals surface area contributed by atoms with E-state index in [-0.39, 0.29) is 31.8 Å². The third-order valence-corrected chi connectivity index (χ3v) is 6.34. The molecule has 186 valence electrons. The van der Waals surface area contributed by atoms with Gasteiger partial charge in [0.1, 0.15) is 0 Å². The molecule has 1 aliphatic heterocycles. The van der Waals surface area contributed by atoms with Gasteiger partial charge in [-0.25, -0.2) is 4.79 Å². The molecule has 2 aromatic rings. The number of hydrogen-bond acceptors (Lipinski definition) is 5. The van der Waals surface area contributed by atoms with Crippen LogP contribution in [0.25, 0.3) is 11.1 Å². The van der Waals surface area contributed by atoms with E-state index in [2.05, 4.69) is 5.32 Å². The molecule has 0 spiro atoms. The van der Waals surface area contributed by atoms with Crippen molar-refractivity contribution in [3.05, 3.63) is 59.1 Å². The van der Waals surface area contributed by atoms with Crippen LogP contribution in [0, 0.1) is 5.92 Å². The molecule has 9 nitrogen and oxygen atoms in total. The van der Waals surface area contributed by atoms with Gasteiger partial charge in [0.05, 0.1) is 0 Å². The van der Waals surface area contributed by atoms with E-state index in [0.29, 0.717) is 17.9 Å². The first-order valence-corrected chi connectivity index (χ1v) is 11.7. The molecule has 0 unspecified atom stereocenters. The fourth-order valence-corrected chi connectivity index (χ4v) is 4.30. The van der Waals surface area contributed by atoms with Crippen LogP contribution in [-0.2, 0) is 25.6 Å². The van der Waals surface area contributed by atoms with Gasteiger partial charge in [0, 0.05) is 36.5 Å². The summed E-state index contributed by atoms with van der Waals surface area (Å²) in [6.45, 7) is 0.459. The van der Waals surface area contributed by atoms with Crippen molar-refractivity contribution in [2.75, 3.05) is 13.1 Å². The zero-order valence-electron chi connectivity index (χ0n) is 19.0. The quantitative estimate of drug-likeness (QED) is 0.403. The number of primary amides is 1. The van der Waals surface area contributed by atoms with Gasteiger partial charge in [0.15, 0.2) is 6.10 Å². The van der Waals surface area contributed by atoms with E-state index < -0.39 is 35.8 Å². The number of carbonyl (C=O) groups is 4. The number of amides is 3. The Balaban J connectivity index is 1.67. The molecule has 3 rings (SSSR count). The Morgan fingerprint density at radius 2 is 1.71 bits per heavy atom. The number of nitrogens with two attached hydrogens (primary N) is 1. The largest absolute Gasteiger partial charge is 0.479 e. The maximum atomic E-state index is 12.6. The molecule has 0 saturated carbocycles. The molecule has 5 N–H and O–H groups in total. The second-order valence-electron chi connectivity index (χ2n) is 8.64. The monoisotopic (exact) mass is 501 g/mol. The number of nitrogens with zero attached hydrogens (tertiary/aromatic N) is 1. The van der Waals surface area contributed by atoms with E-state index in [1.54, 1.807) is 6.07 Å². The predicted octanol–water partition coefficient (Wildman–Crippen LogP) is 1.59. The fourth-order valence-electron chi connectivity index (χ4n) is 4.11. The molecular weight excluding hydrogens is 474 g/mol. The van der Waals surface area contributed by atoms with Gasteiger partial charge in [-0.3, -0.25) is 14.4 Å². The van der Waals surface area contributed by atoms with Gasteiger partial charge in [-0.2, -0.15) is 0 Å². The van der Waals surface area contributed by atoms with Crippen molar-refractivity contribution in [3.8, 4) is 11.1 Å². The fraction of sp³-hybridized carbons (Fsp3) is 0.360. The summed E-state index contributed by atoms with van der Waals surface area (Å²) in [5.41, 5.74) is 7.95. The van der Waals surface area contributed by atoms with Crippen molar-refractivity contribution in [2.45, 2.75) is 37.8 Å². The smallest absolute Gasteiger partial charge is 0.332 e. The number of aliphatic hydroxyl groups excluding tert-OH is 1. The second kappa shape index (κ2) is 11.8. The molecule has 2 atom stereocenters. The number of rotatable bonds is 8. The first-order valence-electron chi connectivity index (χ1n) is 11.3. The average molecular weight is 502 g/mol. The van der Waals surface area contributed by atoms with Crippen LogP contribution < -0.4 is 11.1 Å². The number of aliphatic hydroxyl groups is 1. The van der Waals surface area contributed by atoms with Crippen molar-refractivity contribution in [1.82, 2.24) is 10.2 Å². The number of aliphatic carboxylic acids is 1. The Morgan fingerprint density at radius 1 is 1.06 bits per heavy atom. The van der Waals surface area contributed by atoms with Gasteiger partial charge in [-0.1, -0.05) is 48.0 Å². The van der Waals surface area contributed by atoms with Gasteiger partial charge in [-0.05, 0) is 48.1 Å². The highest BCUT2D eigenvalue weighted by atomic mass is 35.5. The third kappa shape index (κ3) is 7.27. The van der Waals surface area contributed by atoms with Crippen molar-refractivity contribution in [2.24, 2.45) is 11.7 Å². The molecule has 0 bridgehead atoms. The summed E-state index contributed by atoms with van der Waals surface area (Å²) in [6, 6.07) is 14.0. The van der Waals surface area contributed by atoms with E-state index in [0.717, 1.165) is 16.7 Å². The molecule has 1 saturated heterocycles. The summed E-state index contributed by atoms with van der Waals surface area (Å²) in [4.78, 5) is 49.1. The van der Waals surface area contributed by atoms with Crippen LogP contribution >= 0.6 is 11.6 Å². The molecular formula is C25H28ClN3O6. The minimum absolute atomic E-state index is 0.211. The highest BCUT2D eigenvalue weighted by Gasteiger charge is 2.31. The summed E-state index contributed by atoms with van der Waals surface area (Å²) < 4.78 is 0. The number of carboxylic acid groups (broad SMARTS) is 1.